The normalized spacial score (nSPS) is 16.6. The van der Waals surface area contributed by atoms with E-state index in [0.29, 0.717) is 24.7 Å². The maximum Gasteiger partial charge on any atom is 0.243 e. The minimum Gasteiger partial charge on any atom is -0.326 e. The molecule has 0 bridgehead atoms. The zero-order chi connectivity index (χ0) is 18.9. The number of carbonyl (C=O) groups is 1. The van der Waals surface area contributed by atoms with Gasteiger partial charge in [-0.3, -0.25) is 4.79 Å². The average molecular weight is 394 g/mol. The number of aromatic nitrogens is 1. The van der Waals surface area contributed by atoms with Crippen LogP contribution >= 0.6 is 11.3 Å². The van der Waals surface area contributed by atoms with E-state index in [4.69, 9.17) is 0 Å². The molecule has 140 valence electrons. The van der Waals surface area contributed by atoms with E-state index in [1.807, 2.05) is 19.2 Å². The predicted molar refractivity (Wildman–Crippen MR) is 103 cm³/mol. The van der Waals surface area contributed by atoms with Crippen LogP contribution < -0.4 is 5.32 Å². The number of nitrogens with zero attached hydrogens (tertiary/aromatic N) is 2. The van der Waals surface area contributed by atoms with Crippen LogP contribution in [0.5, 0.6) is 0 Å². The molecule has 0 spiro atoms. The lowest BCUT2D eigenvalue weighted by atomic mass is 9.99. The van der Waals surface area contributed by atoms with E-state index in [1.54, 1.807) is 29.5 Å². The summed E-state index contributed by atoms with van der Waals surface area (Å²) in [6, 6.07) is 4.87. The molecule has 1 aromatic heterocycles. The molecule has 0 aliphatic carbocycles. The zero-order valence-corrected chi connectivity index (χ0v) is 16.8. The molecule has 0 saturated carbocycles. The molecular weight excluding hydrogens is 370 g/mol. The third kappa shape index (κ3) is 3.97. The van der Waals surface area contributed by atoms with Crippen molar-refractivity contribution in [1.29, 1.82) is 0 Å². The molecule has 0 radical (unpaired) electrons. The highest BCUT2D eigenvalue weighted by Gasteiger charge is 2.31. The number of benzene rings is 1. The maximum atomic E-state index is 13.0. The Hall–Kier alpha value is -1.77. The van der Waals surface area contributed by atoms with Crippen LogP contribution in [-0.4, -0.2) is 36.7 Å². The van der Waals surface area contributed by atoms with Gasteiger partial charge in [0.2, 0.25) is 15.9 Å². The SMILES string of the molecule is CC(=O)Nc1cc(S(=O)(=O)N2CCC(c3nc(C)cs3)CC2)ccc1C. The van der Waals surface area contributed by atoms with Crippen molar-refractivity contribution in [3.8, 4) is 0 Å². The van der Waals surface area contributed by atoms with Crippen molar-refractivity contribution in [3.05, 3.63) is 39.8 Å². The first-order chi connectivity index (χ1) is 12.3. The predicted octanol–water partition coefficient (Wildman–Crippen LogP) is 3.29. The van der Waals surface area contributed by atoms with Crippen molar-refractivity contribution in [1.82, 2.24) is 9.29 Å². The van der Waals surface area contributed by atoms with E-state index in [-0.39, 0.29) is 10.8 Å². The van der Waals surface area contributed by atoms with Crippen LogP contribution in [-0.2, 0) is 14.8 Å². The summed E-state index contributed by atoms with van der Waals surface area (Å²) in [5, 5.41) is 5.83. The molecule has 1 amide bonds. The molecule has 1 N–H and O–H groups in total. The number of anilines is 1. The molecule has 26 heavy (non-hydrogen) atoms. The van der Waals surface area contributed by atoms with Gasteiger partial charge in [0.05, 0.1) is 9.90 Å². The van der Waals surface area contributed by atoms with Crippen LogP contribution in [0.3, 0.4) is 0 Å². The van der Waals surface area contributed by atoms with Crippen molar-refractivity contribution in [2.45, 2.75) is 44.4 Å². The number of amides is 1. The maximum absolute atomic E-state index is 13.0. The molecule has 3 rings (SSSR count). The summed E-state index contributed by atoms with van der Waals surface area (Å²) in [5.74, 6) is 0.107. The summed E-state index contributed by atoms with van der Waals surface area (Å²) in [4.78, 5) is 16.1. The van der Waals surface area contributed by atoms with E-state index >= 15 is 0 Å². The lowest BCUT2D eigenvalue weighted by Crippen LogP contribution is -2.37. The topological polar surface area (TPSA) is 79.4 Å². The molecule has 0 unspecified atom stereocenters. The number of piperidine rings is 1. The van der Waals surface area contributed by atoms with E-state index < -0.39 is 10.0 Å². The van der Waals surface area contributed by atoms with Crippen LogP contribution in [0.4, 0.5) is 5.69 Å². The van der Waals surface area contributed by atoms with Gasteiger partial charge < -0.3 is 5.32 Å². The first-order valence-electron chi connectivity index (χ1n) is 8.58. The van der Waals surface area contributed by atoms with Crippen LogP contribution in [0.25, 0.3) is 0 Å². The van der Waals surface area contributed by atoms with Gasteiger partial charge in [0.15, 0.2) is 0 Å². The Morgan fingerprint density at radius 3 is 2.54 bits per heavy atom. The van der Waals surface area contributed by atoms with Gasteiger partial charge in [-0.05, 0) is 44.4 Å². The number of rotatable bonds is 4. The van der Waals surface area contributed by atoms with Crippen LogP contribution in [0.2, 0.25) is 0 Å². The number of thiazole rings is 1. The Morgan fingerprint density at radius 2 is 1.96 bits per heavy atom. The lowest BCUT2D eigenvalue weighted by Gasteiger charge is -2.30. The second-order valence-corrected chi connectivity index (χ2v) is 9.49. The molecule has 8 heteroatoms. The highest BCUT2D eigenvalue weighted by molar-refractivity contribution is 7.89. The van der Waals surface area contributed by atoms with E-state index in [9.17, 15) is 13.2 Å². The first kappa shape index (κ1) is 19.0. The smallest absolute Gasteiger partial charge is 0.243 e. The number of nitrogens with one attached hydrogen (secondary N) is 1. The highest BCUT2D eigenvalue weighted by atomic mass is 32.2. The molecule has 1 saturated heterocycles. The summed E-state index contributed by atoms with van der Waals surface area (Å²) in [5.41, 5.74) is 2.38. The minimum absolute atomic E-state index is 0.218. The van der Waals surface area contributed by atoms with Gasteiger partial charge in [-0.15, -0.1) is 11.3 Å². The van der Waals surface area contributed by atoms with Gasteiger partial charge in [0.1, 0.15) is 0 Å². The second kappa shape index (κ2) is 7.46. The molecule has 2 heterocycles. The van der Waals surface area contributed by atoms with Crippen molar-refractivity contribution >= 4 is 33.0 Å². The zero-order valence-electron chi connectivity index (χ0n) is 15.2. The number of sulfonamides is 1. The van der Waals surface area contributed by atoms with Crippen molar-refractivity contribution < 1.29 is 13.2 Å². The van der Waals surface area contributed by atoms with Gasteiger partial charge in [0.25, 0.3) is 0 Å². The summed E-state index contributed by atoms with van der Waals surface area (Å²) >= 11 is 1.65. The van der Waals surface area contributed by atoms with Gasteiger partial charge in [0, 0.05) is 42.7 Å². The molecule has 6 nitrogen and oxygen atoms in total. The fourth-order valence-electron chi connectivity index (χ4n) is 3.14. The Kier molecular flexibility index (Phi) is 5.45. The molecule has 1 aliphatic rings. The molecule has 1 aliphatic heterocycles. The quantitative estimate of drug-likeness (QED) is 0.864. The largest absolute Gasteiger partial charge is 0.326 e. The number of hydrogen-bond acceptors (Lipinski definition) is 5. The molecule has 2 aromatic rings. The van der Waals surface area contributed by atoms with E-state index in [2.05, 4.69) is 10.3 Å². The monoisotopic (exact) mass is 393 g/mol. The molecule has 1 aromatic carbocycles. The van der Waals surface area contributed by atoms with Gasteiger partial charge >= 0.3 is 0 Å². The molecule has 1 fully saturated rings. The average Bonchev–Trinajstić information content (AvgIpc) is 3.03. The summed E-state index contributed by atoms with van der Waals surface area (Å²) in [6.07, 6.45) is 1.55. The Labute approximate surface area is 158 Å². The number of carbonyl (C=O) groups excluding carboxylic acids is 1. The molecular formula is C18H23N3O3S2. The third-order valence-electron chi connectivity index (χ3n) is 4.60. The Bertz CT molecular complexity index is 914. The van der Waals surface area contributed by atoms with Crippen LogP contribution in [0.1, 0.15) is 41.9 Å². The van der Waals surface area contributed by atoms with Gasteiger partial charge in [-0.2, -0.15) is 4.31 Å². The minimum atomic E-state index is -3.57. The van der Waals surface area contributed by atoms with Gasteiger partial charge in [-0.1, -0.05) is 6.07 Å². The third-order valence-corrected chi connectivity index (χ3v) is 7.62. The van der Waals surface area contributed by atoms with E-state index in [1.165, 1.54) is 11.2 Å². The Balaban J connectivity index is 1.76. The summed E-state index contributed by atoms with van der Waals surface area (Å²) < 4.78 is 27.5. The van der Waals surface area contributed by atoms with Gasteiger partial charge in [-0.25, -0.2) is 13.4 Å². The summed E-state index contributed by atoms with van der Waals surface area (Å²) in [7, 11) is -3.57. The lowest BCUT2D eigenvalue weighted by molar-refractivity contribution is -0.114. The standard InChI is InChI=1S/C18H23N3O3S2/c1-12-4-5-16(10-17(12)20-14(3)22)26(23,24)21-8-6-15(7-9-21)18-19-13(2)11-25-18/h4-5,10-11,15H,6-9H2,1-3H3,(H,20,22). The van der Waals surface area contributed by atoms with Crippen molar-refractivity contribution in [2.75, 3.05) is 18.4 Å². The fourth-order valence-corrected chi connectivity index (χ4v) is 5.60. The fraction of sp³-hybridized carbons (Fsp3) is 0.444. The van der Waals surface area contributed by atoms with Crippen LogP contribution in [0.15, 0.2) is 28.5 Å². The summed E-state index contributed by atoms with van der Waals surface area (Å²) in [6.45, 7) is 6.18. The second-order valence-electron chi connectivity index (χ2n) is 6.66. The first-order valence-corrected chi connectivity index (χ1v) is 10.9. The number of aryl methyl sites for hydroxylation is 2. The van der Waals surface area contributed by atoms with Crippen LogP contribution in [0, 0.1) is 13.8 Å². The molecule has 0 atom stereocenters. The van der Waals surface area contributed by atoms with Crippen molar-refractivity contribution in [2.24, 2.45) is 0 Å². The highest BCUT2D eigenvalue weighted by Crippen LogP contribution is 2.33. The van der Waals surface area contributed by atoms with E-state index in [0.717, 1.165) is 29.1 Å². The van der Waals surface area contributed by atoms with Crippen molar-refractivity contribution in [3.63, 3.8) is 0 Å². The Morgan fingerprint density at radius 1 is 1.27 bits per heavy atom. The number of hydrogen-bond donors (Lipinski definition) is 1.